The Hall–Kier alpha value is -2.00. The Bertz CT molecular complexity index is 564. The second kappa shape index (κ2) is 7.70. The molecule has 0 radical (unpaired) electrons. The van der Waals surface area contributed by atoms with Gasteiger partial charge in [0.15, 0.2) is 5.78 Å². The Balaban J connectivity index is 1.88. The summed E-state index contributed by atoms with van der Waals surface area (Å²) in [7, 11) is 0. The van der Waals surface area contributed by atoms with Crippen molar-refractivity contribution >= 4 is 5.78 Å². The normalized spacial score (nSPS) is 10.8. The maximum absolute atomic E-state index is 12.2. The van der Waals surface area contributed by atoms with Crippen LogP contribution in [0.25, 0.3) is 0 Å². The van der Waals surface area contributed by atoms with Gasteiger partial charge in [0.25, 0.3) is 0 Å². The summed E-state index contributed by atoms with van der Waals surface area (Å²) in [5, 5.41) is 0. The van der Waals surface area contributed by atoms with Gasteiger partial charge in [0.05, 0.1) is 0 Å². The van der Waals surface area contributed by atoms with Crippen LogP contribution in [0.2, 0.25) is 0 Å². The van der Waals surface area contributed by atoms with Crippen LogP contribution >= 0.6 is 0 Å². The van der Waals surface area contributed by atoms with Crippen LogP contribution in [0.1, 0.15) is 34.8 Å². The number of Topliss-reactive ketones (excluding diaryl/α,β-unsaturated/α-hetero) is 1. The number of benzene rings is 1. The molecular formula is C18H22N2O. The van der Waals surface area contributed by atoms with Crippen LogP contribution in [0.15, 0.2) is 48.8 Å². The number of aryl methyl sites for hydroxylation is 1. The highest BCUT2D eigenvalue weighted by Gasteiger charge is 2.09. The molecule has 0 aliphatic carbocycles. The van der Waals surface area contributed by atoms with Gasteiger partial charge in [0.1, 0.15) is 0 Å². The highest BCUT2D eigenvalue weighted by molar-refractivity contribution is 5.96. The quantitative estimate of drug-likeness (QED) is 0.729. The first-order valence-electron chi connectivity index (χ1n) is 7.40. The van der Waals surface area contributed by atoms with E-state index in [1.54, 1.807) is 12.4 Å². The Kier molecular flexibility index (Phi) is 5.64. The molecular weight excluding hydrogens is 260 g/mol. The van der Waals surface area contributed by atoms with Crippen LogP contribution in [-0.2, 0) is 6.54 Å². The highest BCUT2D eigenvalue weighted by atomic mass is 16.1. The summed E-state index contributed by atoms with van der Waals surface area (Å²) in [6.45, 7) is 6.73. The maximum atomic E-state index is 12.2. The van der Waals surface area contributed by atoms with Gasteiger partial charge in [0.2, 0.25) is 0 Å². The zero-order chi connectivity index (χ0) is 15.1. The Labute approximate surface area is 126 Å². The molecule has 0 aliphatic heterocycles. The molecule has 2 rings (SSSR count). The van der Waals surface area contributed by atoms with Crippen molar-refractivity contribution in [2.45, 2.75) is 26.8 Å². The van der Waals surface area contributed by atoms with Crippen molar-refractivity contribution in [1.82, 2.24) is 9.88 Å². The number of ketones is 1. The van der Waals surface area contributed by atoms with Crippen LogP contribution in [-0.4, -0.2) is 28.8 Å². The van der Waals surface area contributed by atoms with E-state index in [0.29, 0.717) is 6.42 Å². The average Bonchev–Trinajstić information content (AvgIpc) is 2.52. The van der Waals surface area contributed by atoms with Crippen molar-refractivity contribution in [3.63, 3.8) is 0 Å². The van der Waals surface area contributed by atoms with E-state index in [2.05, 4.69) is 16.8 Å². The molecule has 1 aromatic carbocycles. The first-order valence-corrected chi connectivity index (χ1v) is 7.40. The molecule has 0 N–H and O–H groups in total. The van der Waals surface area contributed by atoms with E-state index >= 15 is 0 Å². The molecule has 3 nitrogen and oxygen atoms in total. The number of carbonyl (C=O) groups excluding carboxylic acids is 1. The molecule has 0 aliphatic rings. The smallest absolute Gasteiger partial charge is 0.164 e. The predicted molar refractivity (Wildman–Crippen MR) is 85.3 cm³/mol. The zero-order valence-corrected chi connectivity index (χ0v) is 12.7. The third-order valence-corrected chi connectivity index (χ3v) is 3.63. The molecule has 0 fully saturated rings. The molecule has 0 amide bonds. The van der Waals surface area contributed by atoms with E-state index in [1.807, 2.05) is 43.3 Å². The second-order valence-electron chi connectivity index (χ2n) is 5.26. The topological polar surface area (TPSA) is 33.2 Å². The molecule has 0 atom stereocenters. The van der Waals surface area contributed by atoms with Crippen LogP contribution in [0.5, 0.6) is 0 Å². The van der Waals surface area contributed by atoms with E-state index in [-0.39, 0.29) is 5.78 Å². The van der Waals surface area contributed by atoms with Crippen molar-refractivity contribution in [2.75, 3.05) is 13.1 Å². The van der Waals surface area contributed by atoms with E-state index < -0.39 is 0 Å². The molecule has 3 heteroatoms. The maximum Gasteiger partial charge on any atom is 0.164 e. The van der Waals surface area contributed by atoms with Gasteiger partial charge in [-0.3, -0.25) is 14.7 Å². The van der Waals surface area contributed by atoms with Gasteiger partial charge < -0.3 is 0 Å². The lowest BCUT2D eigenvalue weighted by Crippen LogP contribution is -2.25. The van der Waals surface area contributed by atoms with Crippen molar-refractivity contribution in [3.8, 4) is 0 Å². The lowest BCUT2D eigenvalue weighted by atomic mass is 10.1. The first-order chi connectivity index (χ1) is 10.2. The number of hydrogen-bond donors (Lipinski definition) is 0. The summed E-state index contributed by atoms with van der Waals surface area (Å²) in [4.78, 5) is 18.5. The van der Waals surface area contributed by atoms with E-state index in [0.717, 1.165) is 25.2 Å². The Morgan fingerprint density at radius 2 is 1.76 bits per heavy atom. The number of rotatable bonds is 7. The minimum Gasteiger partial charge on any atom is -0.299 e. The zero-order valence-electron chi connectivity index (χ0n) is 12.7. The summed E-state index contributed by atoms with van der Waals surface area (Å²) in [6, 6.07) is 11.8. The van der Waals surface area contributed by atoms with Crippen LogP contribution in [0, 0.1) is 6.92 Å². The molecule has 0 saturated heterocycles. The van der Waals surface area contributed by atoms with E-state index in [9.17, 15) is 4.79 Å². The van der Waals surface area contributed by atoms with Crippen molar-refractivity contribution < 1.29 is 4.79 Å². The van der Waals surface area contributed by atoms with Gasteiger partial charge in [-0.15, -0.1) is 0 Å². The highest BCUT2D eigenvalue weighted by Crippen LogP contribution is 2.08. The minimum atomic E-state index is 0.211. The minimum absolute atomic E-state index is 0.211. The number of hydrogen-bond acceptors (Lipinski definition) is 3. The summed E-state index contributed by atoms with van der Waals surface area (Å²) >= 11 is 0. The van der Waals surface area contributed by atoms with E-state index in [4.69, 9.17) is 0 Å². The average molecular weight is 282 g/mol. The molecule has 1 heterocycles. The summed E-state index contributed by atoms with van der Waals surface area (Å²) in [5.74, 6) is 0.211. The number of nitrogens with zero attached hydrogens (tertiary/aromatic N) is 2. The lowest BCUT2D eigenvalue weighted by Gasteiger charge is -2.20. The van der Waals surface area contributed by atoms with Crippen molar-refractivity contribution in [3.05, 3.63) is 65.5 Å². The van der Waals surface area contributed by atoms with Gasteiger partial charge in [-0.25, -0.2) is 0 Å². The fourth-order valence-corrected chi connectivity index (χ4v) is 2.24. The number of carbonyl (C=O) groups is 1. The Morgan fingerprint density at radius 1 is 1.10 bits per heavy atom. The van der Waals surface area contributed by atoms with E-state index in [1.165, 1.54) is 11.1 Å². The van der Waals surface area contributed by atoms with Crippen LogP contribution in [0.4, 0.5) is 0 Å². The predicted octanol–water partition coefficient (Wildman–Crippen LogP) is 3.48. The fraction of sp³-hybridized carbons (Fsp3) is 0.333. The molecule has 2 aromatic rings. The molecule has 0 unspecified atom stereocenters. The van der Waals surface area contributed by atoms with Gasteiger partial charge >= 0.3 is 0 Å². The van der Waals surface area contributed by atoms with Gasteiger partial charge in [-0.2, -0.15) is 0 Å². The molecule has 0 saturated carbocycles. The third kappa shape index (κ3) is 4.80. The largest absolute Gasteiger partial charge is 0.299 e. The fourth-order valence-electron chi connectivity index (χ4n) is 2.24. The molecule has 21 heavy (non-hydrogen) atoms. The first kappa shape index (κ1) is 15.4. The van der Waals surface area contributed by atoms with Gasteiger partial charge in [0, 0.05) is 37.5 Å². The molecule has 110 valence electrons. The van der Waals surface area contributed by atoms with Crippen LogP contribution in [0.3, 0.4) is 0 Å². The SMILES string of the molecule is CCN(CCC(=O)c1ccc(C)cc1)Cc1ccncc1. The van der Waals surface area contributed by atoms with Gasteiger partial charge in [-0.1, -0.05) is 36.8 Å². The number of aromatic nitrogens is 1. The third-order valence-electron chi connectivity index (χ3n) is 3.63. The second-order valence-corrected chi connectivity index (χ2v) is 5.26. The molecule has 0 bridgehead atoms. The Morgan fingerprint density at radius 3 is 2.38 bits per heavy atom. The molecule has 1 aromatic heterocycles. The lowest BCUT2D eigenvalue weighted by molar-refractivity contribution is 0.0963. The van der Waals surface area contributed by atoms with Gasteiger partial charge in [-0.05, 0) is 31.2 Å². The van der Waals surface area contributed by atoms with Crippen molar-refractivity contribution in [2.24, 2.45) is 0 Å². The monoisotopic (exact) mass is 282 g/mol. The van der Waals surface area contributed by atoms with Crippen molar-refractivity contribution in [1.29, 1.82) is 0 Å². The van der Waals surface area contributed by atoms with Crippen LogP contribution < -0.4 is 0 Å². The summed E-state index contributed by atoms with van der Waals surface area (Å²) < 4.78 is 0. The number of pyridine rings is 1. The summed E-state index contributed by atoms with van der Waals surface area (Å²) in [6.07, 6.45) is 4.17. The standard InChI is InChI=1S/C18H22N2O/c1-3-20(14-16-8-11-19-12-9-16)13-10-18(21)17-6-4-15(2)5-7-17/h4-9,11-12H,3,10,13-14H2,1-2H3. The molecule has 0 spiro atoms. The summed E-state index contributed by atoms with van der Waals surface area (Å²) in [5.41, 5.74) is 3.22.